The van der Waals surface area contributed by atoms with Gasteiger partial charge in [-0.2, -0.15) is 0 Å². The molecule has 0 spiro atoms. The molecule has 1 aromatic rings. The highest BCUT2D eigenvalue weighted by Crippen LogP contribution is 2.25. The molecular weight excluding hydrogens is 268 g/mol. The molecule has 2 amide bonds. The molecule has 112 valence electrons. The van der Waals surface area contributed by atoms with Gasteiger partial charge in [0.1, 0.15) is 0 Å². The summed E-state index contributed by atoms with van der Waals surface area (Å²) in [6.07, 6.45) is 3.42. The lowest BCUT2D eigenvalue weighted by molar-refractivity contribution is -0.121. The lowest BCUT2D eigenvalue weighted by atomic mass is 9.92. The van der Waals surface area contributed by atoms with Crippen molar-refractivity contribution in [3.63, 3.8) is 0 Å². The number of nitrogens with one attached hydrogen (secondary N) is 1. The highest BCUT2D eigenvalue weighted by molar-refractivity contribution is 6.22. The van der Waals surface area contributed by atoms with Crippen molar-refractivity contribution in [2.75, 3.05) is 4.90 Å². The summed E-state index contributed by atoms with van der Waals surface area (Å²) in [4.78, 5) is 25.8. The van der Waals surface area contributed by atoms with Gasteiger partial charge in [0, 0.05) is 6.04 Å². The van der Waals surface area contributed by atoms with E-state index >= 15 is 0 Å². The largest absolute Gasteiger partial charge is 0.392 e. The van der Waals surface area contributed by atoms with Crippen molar-refractivity contribution in [1.82, 2.24) is 5.32 Å². The van der Waals surface area contributed by atoms with Gasteiger partial charge < -0.3 is 10.4 Å². The summed E-state index contributed by atoms with van der Waals surface area (Å²) in [7, 11) is 0. The van der Waals surface area contributed by atoms with Crippen LogP contribution in [0, 0.1) is 0 Å². The van der Waals surface area contributed by atoms with E-state index in [2.05, 4.69) is 5.32 Å². The number of para-hydroxylation sites is 1. The molecule has 3 atom stereocenters. The monoisotopic (exact) mass is 288 g/mol. The molecule has 2 aliphatic rings. The third-order valence-corrected chi connectivity index (χ3v) is 4.31. The van der Waals surface area contributed by atoms with Crippen LogP contribution in [0.3, 0.4) is 0 Å². The normalized spacial score (nSPS) is 30.0. The molecule has 5 heteroatoms. The van der Waals surface area contributed by atoms with Gasteiger partial charge in [-0.25, -0.2) is 4.90 Å². The molecule has 2 fully saturated rings. The van der Waals surface area contributed by atoms with Gasteiger partial charge >= 0.3 is 0 Å². The Morgan fingerprint density at radius 2 is 1.81 bits per heavy atom. The van der Waals surface area contributed by atoms with Crippen LogP contribution in [-0.4, -0.2) is 35.1 Å². The number of aliphatic hydroxyl groups excluding tert-OH is 1. The average Bonchev–Trinajstić information content (AvgIpc) is 2.77. The lowest BCUT2D eigenvalue weighted by Gasteiger charge is -2.30. The molecule has 1 aliphatic carbocycles. The molecule has 1 heterocycles. The molecular formula is C16H20N2O3. The van der Waals surface area contributed by atoms with Crippen molar-refractivity contribution in [3.05, 3.63) is 30.3 Å². The summed E-state index contributed by atoms with van der Waals surface area (Å²) in [5, 5.41) is 13.2. The first kappa shape index (κ1) is 14.2. The van der Waals surface area contributed by atoms with Crippen molar-refractivity contribution < 1.29 is 14.7 Å². The van der Waals surface area contributed by atoms with Crippen LogP contribution in [0.15, 0.2) is 30.3 Å². The van der Waals surface area contributed by atoms with Gasteiger partial charge in [-0.15, -0.1) is 0 Å². The fraction of sp³-hybridized carbons (Fsp3) is 0.500. The third-order valence-electron chi connectivity index (χ3n) is 4.31. The Bertz CT molecular complexity index is 532. The standard InChI is InChI=1S/C16H20N2O3/c19-14-9-5-4-8-12(14)17-13-10-15(20)18(16(13)21)11-6-2-1-3-7-11/h1-3,6-7,12-14,17,19H,4-5,8-10H2. The zero-order valence-corrected chi connectivity index (χ0v) is 11.9. The third kappa shape index (κ3) is 2.84. The van der Waals surface area contributed by atoms with Gasteiger partial charge in [0.15, 0.2) is 0 Å². The van der Waals surface area contributed by atoms with Crippen LogP contribution >= 0.6 is 0 Å². The van der Waals surface area contributed by atoms with E-state index < -0.39 is 12.1 Å². The number of carbonyl (C=O) groups is 2. The molecule has 0 radical (unpaired) electrons. The minimum absolute atomic E-state index is 0.0868. The van der Waals surface area contributed by atoms with E-state index in [-0.39, 0.29) is 24.3 Å². The molecule has 1 saturated carbocycles. The van der Waals surface area contributed by atoms with Gasteiger partial charge in [-0.3, -0.25) is 9.59 Å². The van der Waals surface area contributed by atoms with E-state index in [1.807, 2.05) is 18.2 Å². The van der Waals surface area contributed by atoms with E-state index in [1.165, 1.54) is 4.90 Å². The van der Waals surface area contributed by atoms with Crippen LogP contribution in [0.2, 0.25) is 0 Å². The Balaban J connectivity index is 1.71. The lowest BCUT2D eigenvalue weighted by Crippen LogP contribution is -2.49. The number of aliphatic hydroxyl groups is 1. The van der Waals surface area contributed by atoms with Gasteiger partial charge in [0.25, 0.3) is 5.91 Å². The van der Waals surface area contributed by atoms with Gasteiger partial charge in [0.05, 0.1) is 24.3 Å². The van der Waals surface area contributed by atoms with Crippen molar-refractivity contribution in [2.45, 2.75) is 50.3 Å². The van der Waals surface area contributed by atoms with Crippen molar-refractivity contribution in [1.29, 1.82) is 0 Å². The van der Waals surface area contributed by atoms with Gasteiger partial charge in [0.2, 0.25) is 5.91 Å². The minimum atomic E-state index is -0.518. The second kappa shape index (κ2) is 5.95. The fourth-order valence-electron chi connectivity index (χ4n) is 3.17. The Morgan fingerprint density at radius 1 is 1.10 bits per heavy atom. The number of hydrogen-bond acceptors (Lipinski definition) is 4. The van der Waals surface area contributed by atoms with Crippen LogP contribution in [-0.2, 0) is 9.59 Å². The van der Waals surface area contributed by atoms with Crippen LogP contribution < -0.4 is 10.2 Å². The number of benzene rings is 1. The maximum atomic E-state index is 12.5. The SMILES string of the molecule is O=C1CC(NC2CCCCC2O)C(=O)N1c1ccccc1. The molecule has 0 aromatic heterocycles. The van der Waals surface area contributed by atoms with Gasteiger partial charge in [-0.1, -0.05) is 31.0 Å². The highest BCUT2D eigenvalue weighted by atomic mass is 16.3. The maximum absolute atomic E-state index is 12.5. The first-order chi connectivity index (χ1) is 10.2. The summed E-state index contributed by atoms with van der Waals surface area (Å²) in [5.74, 6) is -0.405. The van der Waals surface area contributed by atoms with E-state index in [4.69, 9.17) is 0 Å². The van der Waals surface area contributed by atoms with Crippen molar-refractivity contribution >= 4 is 17.5 Å². The summed E-state index contributed by atoms with van der Waals surface area (Å²) in [6, 6.07) is 8.37. The molecule has 1 saturated heterocycles. The second-order valence-electron chi connectivity index (χ2n) is 5.78. The molecule has 0 bridgehead atoms. The molecule has 1 aliphatic heterocycles. The number of amides is 2. The maximum Gasteiger partial charge on any atom is 0.251 e. The number of nitrogens with zero attached hydrogens (tertiary/aromatic N) is 1. The highest BCUT2D eigenvalue weighted by Gasteiger charge is 2.41. The van der Waals surface area contributed by atoms with E-state index in [9.17, 15) is 14.7 Å². The second-order valence-corrected chi connectivity index (χ2v) is 5.78. The Labute approximate surface area is 123 Å². The Morgan fingerprint density at radius 3 is 2.52 bits per heavy atom. The first-order valence-corrected chi connectivity index (χ1v) is 7.53. The molecule has 5 nitrogen and oxygen atoms in total. The summed E-state index contributed by atoms with van der Waals surface area (Å²) < 4.78 is 0. The molecule has 21 heavy (non-hydrogen) atoms. The predicted molar refractivity (Wildman–Crippen MR) is 78.7 cm³/mol. The van der Waals surface area contributed by atoms with Crippen LogP contribution in [0.4, 0.5) is 5.69 Å². The number of carbonyl (C=O) groups excluding carboxylic acids is 2. The van der Waals surface area contributed by atoms with E-state index in [0.717, 1.165) is 25.7 Å². The van der Waals surface area contributed by atoms with Crippen molar-refractivity contribution in [2.24, 2.45) is 0 Å². The Kier molecular flexibility index (Phi) is 4.03. The average molecular weight is 288 g/mol. The predicted octanol–water partition coefficient (Wildman–Crippen LogP) is 1.21. The van der Waals surface area contributed by atoms with Crippen LogP contribution in [0.25, 0.3) is 0 Å². The van der Waals surface area contributed by atoms with Crippen molar-refractivity contribution in [3.8, 4) is 0 Å². The van der Waals surface area contributed by atoms with Gasteiger partial charge in [-0.05, 0) is 25.0 Å². The smallest absolute Gasteiger partial charge is 0.251 e. The zero-order chi connectivity index (χ0) is 14.8. The van der Waals surface area contributed by atoms with E-state index in [1.54, 1.807) is 12.1 Å². The topological polar surface area (TPSA) is 69.6 Å². The minimum Gasteiger partial charge on any atom is -0.392 e. The number of rotatable bonds is 3. The number of anilines is 1. The summed E-state index contributed by atoms with van der Waals surface area (Å²) >= 11 is 0. The molecule has 3 unspecified atom stereocenters. The van der Waals surface area contributed by atoms with Crippen LogP contribution in [0.5, 0.6) is 0 Å². The molecule has 3 rings (SSSR count). The zero-order valence-electron chi connectivity index (χ0n) is 11.9. The molecule has 2 N–H and O–H groups in total. The fourth-order valence-corrected chi connectivity index (χ4v) is 3.17. The van der Waals surface area contributed by atoms with Crippen LogP contribution in [0.1, 0.15) is 32.1 Å². The summed E-state index contributed by atoms with van der Waals surface area (Å²) in [5.41, 5.74) is 0.612. The quantitative estimate of drug-likeness (QED) is 0.820. The Hall–Kier alpha value is -1.72. The molecule has 1 aromatic carbocycles. The summed E-state index contributed by atoms with van der Waals surface area (Å²) in [6.45, 7) is 0. The van der Waals surface area contributed by atoms with E-state index in [0.29, 0.717) is 5.69 Å². The number of hydrogen-bond donors (Lipinski definition) is 2. The first-order valence-electron chi connectivity index (χ1n) is 7.53. The number of imide groups is 1.